The Labute approximate surface area is 95.8 Å². The quantitative estimate of drug-likeness (QED) is 0.549. The zero-order valence-corrected chi connectivity index (χ0v) is 10.7. The molecule has 92 valence electrons. The first kappa shape index (κ1) is 14.9. The van der Waals surface area contributed by atoms with Gasteiger partial charge in [0.05, 0.1) is 0 Å². The van der Waals surface area contributed by atoms with E-state index in [9.17, 15) is 0 Å². The fraction of sp³-hybridized carbons (Fsp3) is 1.00. The molecule has 2 heteroatoms. The average Bonchev–Trinajstić information content (AvgIpc) is 2.16. The van der Waals surface area contributed by atoms with Crippen LogP contribution < -0.4 is 11.5 Å². The smallest absolute Gasteiger partial charge is 0.0137 e. The van der Waals surface area contributed by atoms with Gasteiger partial charge in [0, 0.05) is 5.54 Å². The second kappa shape index (κ2) is 9.17. The van der Waals surface area contributed by atoms with Gasteiger partial charge in [-0.25, -0.2) is 0 Å². The van der Waals surface area contributed by atoms with Crippen LogP contribution in [0, 0.1) is 0 Å². The lowest BCUT2D eigenvalue weighted by molar-refractivity contribution is 0.385. The number of hydrogen-bond donors (Lipinski definition) is 2. The maximum atomic E-state index is 6.11. The van der Waals surface area contributed by atoms with Gasteiger partial charge in [-0.15, -0.1) is 0 Å². The fourth-order valence-electron chi connectivity index (χ4n) is 1.94. The van der Waals surface area contributed by atoms with Crippen molar-refractivity contribution in [3.8, 4) is 0 Å². The van der Waals surface area contributed by atoms with Crippen LogP contribution in [-0.2, 0) is 0 Å². The van der Waals surface area contributed by atoms with Gasteiger partial charge in [-0.2, -0.15) is 0 Å². The normalized spacial score (nSPS) is 15.2. The molecular weight excluding hydrogens is 184 g/mol. The Morgan fingerprint density at radius 3 is 1.93 bits per heavy atom. The summed E-state index contributed by atoms with van der Waals surface area (Å²) in [5.74, 6) is 0. The number of hydrogen-bond acceptors (Lipinski definition) is 2. The third kappa shape index (κ3) is 10.2. The molecule has 1 atom stereocenters. The summed E-state index contributed by atoms with van der Waals surface area (Å²) in [5, 5.41) is 0. The first-order valence-corrected chi connectivity index (χ1v) is 6.61. The van der Waals surface area contributed by atoms with Gasteiger partial charge in [-0.1, -0.05) is 51.9 Å². The molecule has 0 heterocycles. The van der Waals surface area contributed by atoms with Crippen molar-refractivity contribution < 1.29 is 0 Å². The molecule has 0 radical (unpaired) electrons. The molecule has 0 aromatic heterocycles. The van der Waals surface area contributed by atoms with E-state index in [0.717, 1.165) is 12.8 Å². The zero-order chi connectivity index (χ0) is 11.6. The van der Waals surface area contributed by atoms with Gasteiger partial charge < -0.3 is 11.5 Å². The second-order valence-electron chi connectivity index (χ2n) is 5.06. The van der Waals surface area contributed by atoms with Crippen LogP contribution in [0.25, 0.3) is 0 Å². The Morgan fingerprint density at radius 2 is 1.40 bits per heavy atom. The standard InChI is InChI=1S/C13H30N2/c1-3-4-5-6-7-8-9-10-13(2,15)11-12-14/h3-12,14-15H2,1-2H3. The molecule has 0 spiro atoms. The van der Waals surface area contributed by atoms with E-state index >= 15 is 0 Å². The third-order valence-electron chi connectivity index (χ3n) is 3.07. The molecular formula is C13H30N2. The molecule has 0 saturated carbocycles. The summed E-state index contributed by atoms with van der Waals surface area (Å²) in [4.78, 5) is 0. The van der Waals surface area contributed by atoms with E-state index < -0.39 is 0 Å². The third-order valence-corrected chi connectivity index (χ3v) is 3.07. The van der Waals surface area contributed by atoms with Gasteiger partial charge in [0.1, 0.15) is 0 Å². The highest BCUT2D eigenvalue weighted by Gasteiger charge is 2.15. The van der Waals surface area contributed by atoms with E-state index in [0.29, 0.717) is 6.54 Å². The van der Waals surface area contributed by atoms with Crippen LogP contribution >= 0.6 is 0 Å². The van der Waals surface area contributed by atoms with Crippen molar-refractivity contribution in [2.75, 3.05) is 6.54 Å². The van der Waals surface area contributed by atoms with Crippen LogP contribution in [0.5, 0.6) is 0 Å². The van der Waals surface area contributed by atoms with E-state index in [1.54, 1.807) is 0 Å². The van der Waals surface area contributed by atoms with Crippen LogP contribution in [0.3, 0.4) is 0 Å². The molecule has 0 saturated heterocycles. The molecule has 0 bridgehead atoms. The summed E-state index contributed by atoms with van der Waals surface area (Å²) in [6, 6.07) is 0. The summed E-state index contributed by atoms with van der Waals surface area (Å²) < 4.78 is 0. The Bertz CT molecular complexity index is 132. The Kier molecular flexibility index (Phi) is 9.12. The first-order chi connectivity index (χ1) is 7.12. The van der Waals surface area contributed by atoms with Crippen molar-refractivity contribution in [1.82, 2.24) is 0 Å². The van der Waals surface area contributed by atoms with Gasteiger partial charge in [-0.3, -0.25) is 0 Å². The predicted molar refractivity (Wildman–Crippen MR) is 68.9 cm³/mol. The van der Waals surface area contributed by atoms with Crippen LogP contribution in [0.2, 0.25) is 0 Å². The lowest BCUT2D eigenvalue weighted by Gasteiger charge is -2.23. The lowest BCUT2D eigenvalue weighted by atomic mass is 9.92. The molecule has 4 N–H and O–H groups in total. The highest BCUT2D eigenvalue weighted by molar-refractivity contribution is 4.78. The van der Waals surface area contributed by atoms with E-state index in [1.165, 1.54) is 44.9 Å². The molecule has 0 amide bonds. The minimum Gasteiger partial charge on any atom is -0.330 e. The first-order valence-electron chi connectivity index (χ1n) is 6.61. The second-order valence-corrected chi connectivity index (χ2v) is 5.06. The van der Waals surface area contributed by atoms with Crippen molar-refractivity contribution in [2.45, 2.75) is 77.2 Å². The minimum atomic E-state index is -0.0296. The van der Waals surface area contributed by atoms with E-state index in [1.807, 2.05) is 0 Å². The summed E-state index contributed by atoms with van der Waals surface area (Å²) in [7, 11) is 0. The molecule has 1 unspecified atom stereocenters. The largest absolute Gasteiger partial charge is 0.330 e. The van der Waals surface area contributed by atoms with E-state index in [4.69, 9.17) is 11.5 Å². The maximum Gasteiger partial charge on any atom is 0.0137 e. The van der Waals surface area contributed by atoms with Gasteiger partial charge in [0.2, 0.25) is 0 Å². The molecule has 0 aliphatic carbocycles. The SMILES string of the molecule is CCCCCCCCCC(C)(N)CCN. The van der Waals surface area contributed by atoms with Gasteiger partial charge in [0.25, 0.3) is 0 Å². The van der Waals surface area contributed by atoms with Gasteiger partial charge in [0.15, 0.2) is 0 Å². The van der Waals surface area contributed by atoms with Gasteiger partial charge in [-0.05, 0) is 26.3 Å². The Hall–Kier alpha value is -0.0800. The number of unbranched alkanes of at least 4 members (excludes halogenated alkanes) is 6. The predicted octanol–water partition coefficient (Wildman–Crippen LogP) is 3.19. The van der Waals surface area contributed by atoms with Crippen molar-refractivity contribution in [1.29, 1.82) is 0 Å². The zero-order valence-electron chi connectivity index (χ0n) is 10.7. The van der Waals surface area contributed by atoms with E-state index in [2.05, 4.69) is 13.8 Å². The fourth-order valence-corrected chi connectivity index (χ4v) is 1.94. The monoisotopic (exact) mass is 214 g/mol. The van der Waals surface area contributed by atoms with Gasteiger partial charge >= 0.3 is 0 Å². The molecule has 0 fully saturated rings. The molecule has 0 aromatic rings. The van der Waals surface area contributed by atoms with Crippen molar-refractivity contribution in [3.63, 3.8) is 0 Å². The number of rotatable bonds is 10. The number of nitrogens with two attached hydrogens (primary N) is 2. The topological polar surface area (TPSA) is 52.0 Å². The van der Waals surface area contributed by atoms with Crippen LogP contribution in [0.1, 0.15) is 71.6 Å². The van der Waals surface area contributed by atoms with Crippen LogP contribution in [0.15, 0.2) is 0 Å². The maximum absolute atomic E-state index is 6.11. The molecule has 0 aromatic carbocycles. The molecule has 15 heavy (non-hydrogen) atoms. The molecule has 0 aliphatic rings. The molecule has 2 nitrogen and oxygen atoms in total. The van der Waals surface area contributed by atoms with Crippen LogP contribution in [0.4, 0.5) is 0 Å². The van der Waals surface area contributed by atoms with Crippen LogP contribution in [-0.4, -0.2) is 12.1 Å². The average molecular weight is 214 g/mol. The van der Waals surface area contributed by atoms with Crippen molar-refractivity contribution >= 4 is 0 Å². The Balaban J connectivity index is 3.22. The van der Waals surface area contributed by atoms with Crippen molar-refractivity contribution in [2.24, 2.45) is 11.5 Å². The summed E-state index contributed by atoms with van der Waals surface area (Å²) >= 11 is 0. The highest BCUT2D eigenvalue weighted by atomic mass is 14.7. The summed E-state index contributed by atoms with van der Waals surface area (Å²) in [5.41, 5.74) is 11.6. The molecule has 0 rings (SSSR count). The minimum absolute atomic E-state index is 0.0296. The lowest BCUT2D eigenvalue weighted by Crippen LogP contribution is -2.38. The van der Waals surface area contributed by atoms with E-state index in [-0.39, 0.29) is 5.54 Å². The Morgan fingerprint density at radius 1 is 0.867 bits per heavy atom. The highest BCUT2D eigenvalue weighted by Crippen LogP contribution is 2.16. The molecule has 0 aliphatic heterocycles. The van der Waals surface area contributed by atoms with Crippen molar-refractivity contribution in [3.05, 3.63) is 0 Å². The summed E-state index contributed by atoms with van der Waals surface area (Å²) in [6.07, 6.45) is 11.6. The summed E-state index contributed by atoms with van der Waals surface area (Å²) in [6.45, 7) is 5.09.